The summed E-state index contributed by atoms with van der Waals surface area (Å²) in [5.41, 5.74) is 0.322. The summed E-state index contributed by atoms with van der Waals surface area (Å²) < 4.78 is 0. The van der Waals surface area contributed by atoms with Crippen molar-refractivity contribution in [2.75, 3.05) is 5.32 Å². The Morgan fingerprint density at radius 2 is 1.94 bits per heavy atom. The van der Waals surface area contributed by atoms with Crippen molar-refractivity contribution in [2.45, 2.75) is 6.92 Å². The van der Waals surface area contributed by atoms with Gasteiger partial charge in [-0.15, -0.1) is 10.2 Å². The molecule has 0 radical (unpaired) electrons. The molecule has 0 fully saturated rings. The van der Waals surface area contributed by atoms with Crippen LogP contribution in [0.25, 0.3) is 0 Å². The second kappa shape index (κ2) is 4.95. The zero-order valence-electron chi connectivity index (χ0n) is 8.57. The standard InChI is InChI=1S/C9H6Cl2N4OS/c1-4-14-15-9(17-4)13-8(16)5-2-6(10)12-7(11)3-5/h2-3H,1H3,(H,13,15,16). The summed E-state index contributed by atoms with van der Waals surface area (Å²) in [5, 5.41) is 11.7. The minimum Gasteiger partial charge on any atom is -0.296 e. The van der Waals surface area contributed by atoms with Crippen LogP contribution in [0.1, 0.15) is 15.4 Å². The van der Waals surface area contributed by atoms with Gasteiger partial charge in [0.1, 0.15) is 15.3 Å². The molecular formula is C9H6Cl2N4OS. The Bertz CT molecular complexity index is 552. The molecule has 1 N–H and O–H groups in total. The highest BCUT2D eigenvalue weighted by molar-refractivity contribution is 7.15. The van der Waals surface area contributed by atoms with Crippen LogP contribution in [0.2, 0.25) is 10.3 Å². The molecule has 0 unspecified atom stereocenters. The number of aromatic nitrogens is 3. The van der Waals surface area contributed by atoms with Crippen LogP contribution >= 0.6 is 34.5 Å². The van der Waals surface area contributed by atoms with Crippen LogP contribution in [0.3, 0.4) is 0 Å². The number of hydrogen-bond acceptors (Lipinski definition) is 5. The van der Waals surface area contributed by atoms with Crippen LogP contribution < -0.4 is 5.32 Å². The Morgan fingerprint density at radius 3 is 2.47 bits per heavy atom. The number of aryl methyl sites for hydroxylation is 1. The monoisotopic (exact) mass is 288 g/mol. The van der Waals surface area contributed by atoms with Gasteiger partial charge in [-0.1, -0.05) is 34.5 Å². The molecule has 0 bridgehead atoms. The smallest absolute Gasteiger partial charge is 0.257 e. The van der Waals surface area contributed by atoms with E-state index in [1.165, 1.54) is 23.5 Å². The SMILES string of the molecule is Cc1nnc(NC(=O)c2cc(Cl)nc(Cl)c2)s1. The third-order valence-electron chi connectivity index (χ3n) is 1.77. The van der Waals surface area contributed by atoms with Gasteiger partial charge in [-0.3, -0.25) is 10.1 Å². The number of carbonyl (C=O) groups is 1. The Labute approximate surface area is 111 Å². The third kappa shape index (κ3) is 3.12. The van der Waals surface area contributed by atoms with Gasteiger partial charge in [-0.05, 0) is 19.1 Å². The van der Waals surface area contributed by atoms with E-state index in [9.17, 15) is 4.79 Å². The fraction of sp³-hybridized carbons (Fsp3) is 0.111. The summed E-state index contributed by atoms with van der Waals surface area (Å²) in [7, 11) is 0. The lowest BCUT2D eigenvalue weighted by Gasteiger charge is -2.01. The molecule has 8 heteroatoms. The third-order valence-corrected chi connectivity index (χ3v) is 2.91. The first kappa shape index (κ1) is 12.2. The largest absolute Gasteiger partial charge is 0.296 e. The minimum absolute atomic E-state index is 0.163. The average Bonchev–Trinajstić information content (AvgIpc) is 2.62. The molecule has 0 aromatic carbocycles. The molecule has 0 spiro atoms. The van der Waals surface area contributed by atoms with Gasteiger partial charge in [0, 0.05) is 5.56 Å². The van der Waals surface area contributed by atoms with Crippen LogP contribution in [0.15, 0.2) is 12.1 Å². The molecule has 1 amide bonds. The van der Waals surface area contributed by atoms with E-state index >= 15 is 0 Å². The molecule has 2 aromatic heterocycles. The van der Waals surface area contributed by atoms with Gasteiger partial charge >= 0.3 is 0 Å². The van der Waals surface area contributed by atoms with E-state index in [1.807, 2.05) is 0 Å². The molecule has 0 saturated carbocycles. The van der Waals surface area contributed by atoms with Crippen molar-refractivity contribution in [1.29, 1.82) is 0 Å². The van der Waals surface area contributed by atoms with Crippen molar-refractivity contribution in [2.24, 2.45) is 0 Å². The highest BCUT2D eigenvalue weighted by Crippen LogP contribution is 2.18. The number of nitrogens with zero attached hydrogens (tertiary/aromatic N) is 3. The second-order valence-electron chi connectivity index (χ2n) is 3.08. The minimum atomic E-state index is -0.354. The number of nitrogens with one attached hydrogen (secondary N) is 1. The van der Waals surface area contributed by atoms with Gasteiger partial charge in [0.15, 0.2) is 0 Å². The molecule has 0 atom stereocenters. The maximum atomic E-state index is 11.8. The second-order valence-corrected chi connectivity index (χ2v) is 5.04. The Balaban J connectivity index is 2.19. The molecule has 0 aliphatic carbocycles. The predicted octanol–water partition coefficient (Wildman–Crippen LogP) is 2.80. The van der Waals surface area contributed by atoms with E-state index in [2.05, 4.69) is 20.5 Å². The first-order valence-corrected chi connectivity index (χ1v) is 6.06. The van der Waals surface area contributed by atoms with Gasteiger partial charge in [0.05, 0.1) is 0 Å². The molecule has 2 rings (SSSR count). The fourth-order valence-corrected chi connectivity index (χ4v) is 2.16. The number of halogens is 2. The van der Waals surface area contributed by atoms with E-state index in [4.69, 9.17) is 23.2 Å². The number of pyridine rings is 1. The number of amides is 1. The number of carbonyl (C=O) groups excluding carboxylic acids is 1. The fourth-order valence-electron chi connectivity index (χ4n) is 1.11. The molecule has 17 heavy (non-hydrogen) atoms. The van der Waals surface area contributed by atoms with Crippen molar-refractivity contribution >= 4 is 45.6 Å². The van der Waals surface area contributed by atoms with Crippen molar-refractivity contribution < 1.29 is 4.79 Å². The number of rotatable bonds is 2. The lowest BCUT2D eigenvalue weighted by atomic mass is 10.2. The molecule has 0 aliphatic heterocycles. The zero-order valence-corrected chi connectivity index (χ0v) is 10.9. The molecule has 2 heterocycles. The van der Waals surface area contributed by atoms with Gasteiger partial charge in [0.2, 0.25) is 5.13 Å². The topological polar surface area (TPSA) is 67.8 Å². The molecular weight excluding hydrogens is 283 g/mol. The summed E-state index contributed by atoms with van der Waals surface area (Å²) in [6, 6.07) is 2.85. The molecule has 0 aliphatic rings. The van der Waals surface area contributed by atoms with E-state index in [1.54, 1.807) is 6.92 Å². The lowest BCUT2D eigenvalue weighted by Crippen LogP contribution is -2.12. The van der Waals surface area contributed by atoms with Gasteiger partial charge < -0.3 is 0 Å². The molecule has 88 valence electrons. The van der Waals surface area contributed by atoms with Crippen LogP contribution in [0.4, 0.5) is 5.13 Å². The van der Waals surface area contributed by atoms with Crippen molar-refractivity contribution in [3.63, 3.8) is 0 Å². The Kier molecular flexibility index (Phi) is 3.56. The quantitative estimate of drug-likeness (QED) is 0.863. The zero-order chi connectivity index (χ0) is 12.4. The first-order valence-electron chi connectivity index (χ1n) is 4.49. The highest BCUT2D eigenvalue weighted by Gasteiger charge is 2.11. The normalized spacial score (nSPS) is 10.3. The number of hydrogen-bond donors (Lipinski definition) is 1. The average molecular weight is 289 g/mol. The summed E-state index contributed by atoms with van der Waals surface area (Å²) in [6.07, 6.45) is 0. The lowest BCUT2D eigenvalue weighted by molar-refractivity contribution is 0.102. The van der Waals surface area contributed by atoms with Crippen LogP contribution in [-0.4, -0.2) is 21.1 Å². The highest BCUT2D eigenvalue weighted by atomic mass is 35.5. The van der Waals surface area contributed by atoms with Crippen LogP contribution in [0, 0.1) is 6.92 Å². The van der Waals surface area contributed by atoms with Crippen molar-refractivity contribution in [1.82, 2.24) is 15.2 Å². The molecule has 2 aromatic rings. The maximum absolute atomic E-state index is 11.8. The van der Waals surface area contributed by atoms with Gasteiger partial charge in [0.25, 0.3) is 5.91 Å². The van der Waals surface area contributed by atoms with E-state index in [-0.39, 0.29) is 16.2 Å². The van der Waals surface area contributed by atoms with Crippen LogP contribution in [-0.2, 0) is 0 Å². The van der Waals surface area contributed by atoms with Crippen molar-refractivity contribution in [3.05, 3.63) is 33.0 Å². The van der Waals surface area contributed by atoms with Crippen molar-refractivity contribution in [3.8, 4) is 0 Å². The summed E-state index contributed by atoms with van der Waals surface area (Å²) in [4.78, 5) is 15.6. The van der Waals surface area contributed by atoms with E-state index in [0.29, 0.717) is 10.7 Å². The summed E-state index contributed by atoms with van der Waals surface area (Å²) in [5.74, 6) is -0.354. The van der Waals surface area contributed by atoms with Crippen LogP contribution in [0.5, 0.6) is 0 Å². The first-order chi connectivity index (χ1) is 8.04. The Hall–Kier alpha value is -1.24. The number of anilines is 1. The molecule has 5 nitrogen and oxygen atoms in total. The van der Waals surface area contributed by atoms with Gasteiger partial charge in [-0.25, -0.2) is 4.98 Å². The van der Waals surface area contributed by atoms with E-state index < -0.39 is 0 Å². The maximum Gasteiger partial charge on any atom is 0.257 e. The Morgan fingerprint density at radius 1 is 1.29 bits per heavy atom. The summed E-state index contributed by atoms with van der Waals surface area (Å²) in [6.45, 7) is 1.80. The molecule has 0 saturated heterocycles. The predicted molar refractivity (Wildman–Crippen MR) is 66.9 cm³/mol. The van der Waals surface area contributed by atoms with Gasteiger partial charge in [-0.2, -0.15) is 0 Å². The van der Waals surface area contributed by atoms with E-state index in [0.717, 1.165) is 5.01 Å². The summed E-state index contributed by atoms with van der Waals surface area (Å²) >= 11 is 12.7.